The van der Waals surface area contributed by atoms with Gasteiger partial charge in [0, 0.05) is 23.9 Å². The molecule has 2 aliphatic heterocycles. The fourth-order valence-corrected chi connectivity index (χ4v) is 6.51. The van der Waals surface area contributed by atoms with Crippen molar-refractivity contribution in [1.29, 1.82) is 0 Å². The van der Waals surface area contributed by atoms with Gasteiger partial charge in [-0.05, 0) is 102 Å². The fraction of sp³-hybridized carbons (Fsp3) is 0.867. The molecular formula is C30H50N2O4. The van der Waals surface area contributed by atoms with Crippen LogP contribution in [0.3, 0.4) is 0 Å². The zero-order valence-electron chi connectivity index (χ0n) is 22.4. The molecule has 5 aliphatic rings. The number of hydrogen-bond acceptors (Lipinski definition) is 6. The minimum atomic E-state index is 0.326. The van der Waals surface area contributed by atoms with E-state index in [-0.39, 0.29) is 0 Å². The van der Waals surface area contributed by atoms with E-state index in [0.29, 0.717) is 49.3 Å². The highest BCUT2D eigenvalue weighted by atomic mass is 16.6. The molecule has 6 heteroatoms. The van der Waals surface area contributed by atoms with Gasteiger partial charge in [0.05, 0.1) is 24.7 Å². The maximum Gasteiger partial charge on any atom is 0.116 e. The van der Waals surface area contributed by atoms with Gasteiger partial charge in [0.25, 0.3) is 0 Å². The summed E-state index contributed by atoms with van der Waals surface area (Å²) in [5.74, 6) is 4.72. The van der Waals surface area contributed by atoms with Gasteiger partial charge >= 0.3 is 0 Å². The molecule has 2 saturated heterocycles. The second kappa shape index (κ2) is 13.1. The molecule has 3 aliphatic carbocycles. The predicted octanol–water partition coefficient (Wildman–Crippen LogP) is 4.95. The van der Waals surface area contributed by atoms with E-state index in [9.17, 15) is 0 Å². The first-order valence-electron chi connectivity index (χ1n) is 15.0. The predicted molar refractivity (Wildman–Crippen MR) is 143 cm³/mol. The first-order chi connectivity index (χ1) is 17.6. The minimum absolute atomic E-state index is 0.326. The molecule has 36 heavy (non-hydrogen) atoms. The molecule has 0 aromatic carbocycles. The Bertz CT molecular complexity index is 638. The lowest BCUT2D eigenvalue weighted by Crippen LogP contribution is -2.43. The third-order valence-electron chi connectivity index (χ3n) is 9.44. The third kappa shape index (κ3) is 8.47. The van der Waals surface area contributed by atoms with Gasteiger partial charge in [-0.1, -0.05) is 13.2 Å². The van der Waals surface area contributed by atoms with Crippen LogP contribution in [-0.2, 0) is 18.9 Å². The van der Waals surface area contributed by atoms with Crippen molar-refractivity contribution in [2.75, 3.05) is 39.5 Å². The van der Waals surface area contributed by atoms with Crippen molar-refractivity contribution in [1.82, 2.24) is 10.6 Å². The van der Waals surface area contributed by atoms with Gasteiger partial charge in [-0.25, -0.2) is 0 Å². The Hall–Kier alpha value is -1.08. The number of hydrogen-bond donors (Lipinski definition) is 2. The second-order valence-corrected chi connectivity index (χ2v) is 12.3. The highest BCUT2D eigenvalue weighted by Gasteiger charge is 2.30. The number of ether oxygens (including phenoxy) is 4. The van der Waals surface area contributed by atoms with E-state index in [1.165, 1.54) is 90.1 Å². The Morgan fingerprint density at radius 2 is 0.944 bits per heavy atom. The van der Waals surface area contributed by atoms with Crippen LogP contribution in [0.25, 0.3) is 0 Å². The van der Waals surface area contributed by atoms with Gasteiger partial charge in [-0.2, -0.15) is 0 Å². The lowest BCUT2D eigenvalue weighted by Gasteiger charge is -2.34. The molecule has 2 N–H and O–H groups in total. The van der Waals surface area contributed by atoms with Crippen molar-refractivity contribution in [3.05, 3.63) is 24.7 Å². The van der Waals surface area contributed by atoms with Gasteiger partial charge in [-0.3, -0.25) is 0 Å². The van der Waals surface area contributed by atoms with Gasteiger partial charge < -0.3 is 29.6 Å². The van der Waals surface area contributed by atoms with Crippen LogP contribution in [0.2, 0.25) is 0 Å². The van der Waals surface area contributed by atoms with Gasteiger partial charge in [0.15, 0.2) is 0 Å². The Morgan fingerprint density at radius 3 is 1.28 bits per heavy atom. The molecule has 0 amide bonds. The number of nitrogens with one attached hydrogen (secondary N) is 2. The number of allylic oxidation sites excluding steroid dienone is 2. The Morgan fingerprint density at radius 1 is 0.583 bits per heavy atom. The normalized spacial score (nSPS) is 38.2. The summed E-state index contributed by atoms with van der Waals surface area (Å²) in [4.78, 5) is 0. The van der Waals surface area contributed by atoms with Gasteiger partial charge in [0.2, 0.25) is 0 Å². The van der Waals surface area contributed by atoms with Gasteiger partial charge in [0.1, 0.15) is 25.4 Å². The highest BCUT2D eigenvalue weighted by Crippen LogP contribution is 2.35. The van der Waals surface area contributed by atoms with E-state index < -0.39 is 0 Å². The zero-order valence-corrected chi connectivity index (χ0v) is 22.4. The molecule has 0 radical (unpaired) electrons. The van der Waals surface area contributed by atoms with E-state index in [4.69, 9.17) is 18.9 Å². The summed E-state index contributed by atoms with van der Waals surface area (Å²) < 4.78 is 22.2. The molecule has 2 heterocycles. The van der Waals surface area contributed by atoms with Gasteiger partial charge in [-0.15, -0.1) is 0 Å². The van der Waals surface area contributed by atoms with E-state index >= 15 is 0 Å². The minimum Gasteiger partial charge on any atom is -0.495 e. The van der Waals surface area contributed by atoms with Crippen LogP contribution in [-0.4, -0.2) is 63.8 Å². The van der Waals surface area contributed by atoms with Crippen molar-refractivity contribution in [3.8, 4) is 0 Å². The van der Waals surface area contributed by atoms with Crippen molar-refractivity contribution in [2.45, 2.75) is 101 Å². The SMILES string of the molecule is C=C(OCC1CO1)C1CCC(CNC2CCC(NCC3CCC(C(=C)OCC4CO4)CC3)CC2)CC1. The van der Waals surface area contributed by atoms with Crippen LogP contribution in [0.1, 0.15) is 77.0 Å². The van der Waals surface area contributed by atoms with Crippen molar-refractivity contribution < 1.29 is 18.9 Å². The topological polar surface area (TPSA) is 67.6 Å². The standard InChI is InChI=1S/C30H50N2O4/c1-21(33-17-29-19-35-29)25-7-3-23(4-8-25)15-31-27-11-13-28(14-12-27)32-16-24-5-9-26(10-6-24)22(2)34-18-30-20-36-30/h23-32H,1-20H2. The summed E-state index contributed by atoms with van der Waals surface area (Å²) >= 11 is 0. The first kappa shape index (κ1) is 26.5. The Labute approximate surface area is 218 Å². The van der Waals surface area contributed by atoms with Crippen molar-refractivity contribution >= 4 is 0 Å². The van der Waals surface area contributed by atoms with Crippen LogP contribution in [0.15, 0.2) is 24.7 Å². The smallest absolute Gasteiger partial charge is 0.116 e. The molecule has 3 saturated carbocycles. The van der Waals surface area contributed by atoms with Crippen LogP contribution < -0.4 is 10.6 Å². The lowest BCUT2D eigenvalue weighted by atomic mass is 9.80. The summed E-state index contributed by atoms with van der Waals surface area (Å²) in [5, 5.41) is 7.84. The lowest BCUT2D eigenvalue weighted by molar-refractivity contribution is 0.133. The molecule has 6 nitrogen and oxygen atoms in total. The monoisotopic (exact) mass is 502 g/mol. The molecule has 0 spiro atoms. The summed E-state index contributed by atoms with van der Waals surface area (Å²) in [5.41, 5.74) is 0. The van der Waals surface area contributed by atoms with Crippen LogP contribution in [0.5, 0.6) is 0 Å². The van der Waals surface area contributed by atoms with E-state index in [0.717, 1.165) is 36.6 Å². The zero-order chi connectivity index (χ0) is 24.7. The summed E-state index contributed by atoms with van der Waals surface area (Å²) in [6, 6.07) is 1.42. The molecule has 2 unspecified atom stereocenters. The average molecular weight is 503 g/mol. The summed E-state index contributed by atoms with van der Waals surface area (Å²) in [6.07, 6.45) is 16.0. The Balaban J connectivity index is 0.880. The van der Waals surface area contributed by atoms with E-state index in [1.54, 1.807) is 0 Å². The maximum atomic E-state index is 5.84. The largest absolute Gasteiger partial charge is 0.495 e. The molecular weight excluding hydrogens is 452 g/mol. The number of rotatable bonds is 14. The van der Waals surface area contributed by atoms with E-state index in [2.05, 4.69) is 23.8 Å². The molecule has 2 atom stereocenters. The first-order valence-corrected chi connectivity index (χ1v) is 15.0. The molecule has 5 fully saturated rings. The number of epoxide rings is 2. The van der Waals surface area contributed by atoms with E-state index in [1.807, 2.05) is 0 Å². The molecule has 0 bridgehead atoms. The second-order valence-electron chi connectivity index (χ2n) is 12.3. The summed E-state index contributed by atoms with van der Waals surface area (Å²) in [6.45, 7) is 13.8. The molecule has 204 valence electrons. The van der Waals surface area contributed by atoms with Crippen LogP contribution in [0, 0.1) is 23.7 Å². The van der Waals surface area contributed by atoms with Crippen molar-refractivity contribution in [3.63, 3.8) is 0 Å². The Kier molecular flexibility index (Phi) is 9.67. The van der Waals surface area contributed by atoms with Crippen LogP contribution in [0.4, 0.5) is 0 Å². The highest BCUT2D eigenvalue weighted by molar-refractivity contribution is 4.96. The molecule has 0 aromatic heterocycles. The fourth-order valence-electron chi connectivity index (χ4n) is 6.51. The average Bonchev–Trinajstić information content (AvgIpc) is 3.85. The van der Waals surface area contributed by atoms with Crippen molar-refractivity contribution in [2.24, 2.45) is 23.7 Å². The third-order valence-corrected chi connectivity index (χ3v) is 9.44. The van der Waals surface area contributed by atoms with Crippen LogP contribution >= 0.6 is 0 Å². The maximum absolute atomic E-state index is 5.84. The molecule has 0 aromatic rings. The molecule has 5 rings (SSSR count). The summed E-state index contributed by atoms with van der Waals surface area (Å²) in [7, 11) is 0. The quantitative estimate of drug-likeness (QED) is 0.259.